The number of carboxylic acids is 1. The van der Waals surface area contributed by atoms with Gasteiger partial charge in [-0.15, -0.1) is 0 Å². The van der Waals surface area contributed by atoms with E-state index in [1.165, 1.54) is 37.4 Å². The molecule has 0 unspecified atom stereocenters. The monoisotopic (exact) mass is 423 g/mol. The second-order valence-electron chi connectivity index (χ2n) is 5.36. The summed E-state index contributed by atoms with van der Waals surface area (Å²) in [6.45, 7) is 0. The molecule has 1 heterocycles. The highest BCUT2D eigenvalue weighted by molar-refractivity contribution is 6.37. The van der Waals surface area contributed by atoms with Crippen LogP contribution in [0.3, 0.4) is 0 Å². The topological polar surface area (TPSA) is 124 Å². The van der Waals surface area contributed by atoms with Gasteiger partial charge in [0.1, 0.15) is 23.3 Å². The van der Waals surface area contributed by atoms with Crippen molar-refractivity contribution in [2.75, 3.05) is 7.11 Å². The first-order valence-electron chi connectivity index (χ1n) is 7.57. The van der Waals surface area contributed by atoms with Crippen molar-refractivity contribution in [3.8, 4) is 22.9 Å². The Morgan fingerprint density at radius 2 is 1.86 bits per heavy atom. The van der Waals surface area contributed by atoms with Crippen molar-refractivity contribution in [3.05, 3.63) is 73.0 Å². The quantitative estimate of drug-likeness (QED) is 0.646. The Kier molecular flexibility index (Phi) is 5.39. The van der Waals surface area contributed by atoms with E-state index in [-0.39, 0.29) is 38.5 Å². The number of rotatable bonds is 5. The lowest BCUT2D eigenvalue weighted by atomic mass is 10.2. The summed E-state index contributed by atoms with van der Waals surface area (Å²) in [6.07, 6.45) is 0.929. The molecular weight excluding hydrogens is 413 g/mol. The van der Waals surface area contributed by atoms with Crippen molar-refractivity contribution >= 4 is 29.2 Å². The molecule has 0 amide bonds. The fraction of sp³-hybridized carbons (Fsp3) is 0.0588. The Balaban J connectivity index is 2.00. The van der Waals surface area contributed by atoms with Crippen molar-refractivity contribution in [1.29, 1.82) is 0 Å². The van der Waals surface area contributed by atoms with Gasteiger partial charge in [0.25, 0.3) is 5.56 Å². The van der Waals surface area contributed by atoms with Crippen LogP contribution >= 0.6 is 23.2 Å². The van der Waals surface area contributed by atoms with Gasteiger partial charge in [0, 0.05) is 0 Å². The second kappa shape index (κ2) is 7.75. The van der Waals surface area contributed by atoms with Crippen LogP contribution in [-0.4, -0.2) is 33.0 Å². The lowest BCUT2D eigenvalue weighted by molar-refractivity contribution is 0.0693. The first-order valence-corrected chi connectivity index (χ1v) is 8.33. The largest absolute Gasteiger partial charge is 0.496 e. The van der Waals surface area contributed by atoms with Gasteiger partial charge < -0.3 is 14.6 Å². The smallest absolute Gasteiger partial charge is 0.349 e. The summed E-state index contributed by atoms with van der Waals surface area (Å²) in [4.78, 5) is 36.4. The Hall–Kier alpha value is -3.30. The SMILES string of the molecule is COc1ccc(Oc2c(Cl)cc(-n3ncc(=O)[nH]c3=O)cc2Cl)cc1C(=O)O. The van der Waals surface area contributed by atoms with E-state index in [1.807, 2.05) is 0 Å². The molecule has 0 fully saturated rings. The highest BCUT2D eigenvalue weighted by Gasteiger charge is 2.16. The molecule has 144 valence electrons. The van der Waals surface area contributed by atoms with Crippen LogP contribution in [0.15, 0.2) is 46.1 Å². The van der Waals surface area contributed by atoms with E-state index in [0.29, 0.717) is 0 Å². The van der Waals surface area contributed by atoms with Crippen molar-refractivity contribution in [1.82, 2.24) is 14.8 Å². The van der Waals surface area contributed by atoms with E-state index in [1.54, 1.807) is 0 Å². The standard InChI is InChI=1S/C17H11Cl2N3O6/c1-27-13-3-2-9(6-10(13)16(24)25)28-15-11(18)4-8(5-12(15)19)22-17(26)21-14(23)7-20-22/h2-7H,1H3,(H,24,25)(H,21,23,26). The zero-order chi connectivity index (χ0) is 20.4. The lowest BCUT2D eigenvalue weighted by Gasteiger charge is -2.13. The number of carbonyl (C=O) groups is 1. The van der Waals surface area contributed by atoms with Gasteiger partial charge >= 0.3 is 11.7 Å². The van der Waals surface area contributed by atoms with E-state index < -0.39 is 17.2 Å². The summed E-state index contributed by atoms with van der Waals surface area (Å²) >= 11 is 12.4. The molecule has 2 aromatic carbocycles. The van der Waals surface area contributed by atoms with Crippen molar-refractivity contribution in [2.45, 2.75) is 0 Å². The van der Waals surface area contributed by atoms with Gasteiger partial charge in [-0.3, -0.25) is 9.78 Å². The van der Waals surface area contributed by atoms with E-state index >= 15 is 0 Å². The van der Waals surface area contributed by atoms with Crippen LogP contribution < -0.4 is 20.7 Å². The lowest BCUT2D eigenvalue weighted by Crippen LogP contribution is -2.30. The minimum Gasteiger partial charge on any atom is -0.496 e. The van der Waals surface area contributed by atoms with Crippen LogP contribution in [0.2, 0.25) is 10.0 Å². The molecule has 2 N–H and O–H groups in total. The van der Waals surface area contributed by atoms with Crippen LogP contribution in [0.5, 0.6) is 17.2 Å². The summed E-state index contributed by atoms with van der Waals surface area (Å²) in [6, 6.07) is 6.89. The average Bonchev–Trinajstić information content (AvgIpc) is 2.64. The molecule has 0 aliphatic heterocycles. The first-order chi connectivity index (χ1) is 13.3. The van der Waals surface area contributed by atoms with Crippen molar-refractivity contribution < 1.29 is 19.4 Å². The van der Waals surface area contributed by atoms with Gasteiger partial charge in [0.2, 0.25) is 0 Å². The van der Waals surface area contributed by atoms with Gasteiger partial charge in [-0.2, -0.15) is 9.78 Å². The molecule has 0 bridgehead atoms. The number of hydrogen-bond donors (Lipinski definition) is 2. The number of ether oxygens (including phenoxy) is 2. The molecule has 3 rings (SSSR count). The number of nitrogens with one attached hydrogen (secondary N) is 1. The van der Waals surface area contributed by atoms with Gasteiger partial charge in [0.15, 0.2) is 5.75 Å². The third kappa shape index (κ3) is 3.85. The highest BCUT2D eigenvalue weighted by atomic mass is 35.5. The summed E-state index contributed by atoms with van der Waals surface area (Å²) in [5, 5.41) is 13.0. The van der Waals surface area contributed by atoms with E-state index in [2.05, 4.69) is 10.1 Å². The number of benzene rings is 2. The maximum Gasteiger partial charge on any atom is 0.349 e. The van der Waals surface area contributed by atoms with Crippen LogP contribution in [0.1, 0.15) is 10.4 Å². The van der Waals surface area contributed by atoms with E-state index in [0.717, 1.165) is 10.9 Å². The first kappa shape index (κ1) is 19.5. The summed E-state index contributed by atoms with van der Waals surface area (Å²) in [7, 11) is 1.35. The molecule has 9 nitrogen and oxygen atoms in total. The maximum absolute atomic E-state index is 11.9. The molecule has 0 aliphatic carbocycles. The average molecular weight is 424 g/mol. The maximum atomic E-state index is 11.9. The number of aromatic nitrogens is 3. The number of hydrogen-bond acceptors (Lipinski definition) is 6. The number of nitrogens with zero attached hydrogens (tertiary/aromatic N) is 2. The Labute approximate surface area is 166 Å². The van der Waals surface area contributed by atoms with Crippen molar-refractivity contribution in [2.24, 2.45) is 0 Å². The molecule has 28 heavy (non-hydrogen) atoms. The number of aromatic carboxylic acids is 1. The molecule has 1 aromatic heterocycles. The number of H-pyrrole nitrogens is 1. The molecule has 0 atom stereocenters. The number of carboxylic acid groups (broad SMARTS) is 1. The zero-order valence-electron chi connectivity index (χ0n) is 14.1. The third-order valence-corrected chi connectivity index (χ3v) is 4.12. The Morgan fingerprint density at radius 1 is 1.18 bits per heavy atom. The van der Waals surface area contributed by atoms with Gasteiger partial charge in [-0.05, 0) is 30.3 Å². The van der Waals surface area contributed by atoms with Gasteiger partial charge in [-0.25, -0.2) is 9.59 Å². The van der Waals surface area contributed by atoms with Crippen LogP contribution in [0, 0.1) is 0 Å². The molecule has 0 radical (unpaired) electrons. The third-order valence-electron chi connectivity index (χ3n) is 3.56. The van der Waals surface area contributed by atoms with E-state index in [4.69, 9.17) is 32.7 Å². The molecule has 0 saturated heterocycles. The van der Waals surface area contributed by atoms with Gasteiger partial charge in [0.05, 0.1) is 22.8 Å². The molecule has 3 aromatic rings. The summed E-state index contributed by atoms with van der Waals surface area (Å²) < 4.78 is 11.5. The predicted molar refractivity (Wildman–Crippen MR) is 101 cm³/mol. The number of aromatic amines is 1. The molecule has 0 spiro atoms. The number of halogens is 2. The number of methoxy groups -OCH3 is 1. The fourth-order valence-corrected chi connectivity index (χ4v) is 2.89. The molecular formula is C17H11Cl2N3O6. The fourth-order valence-electron chi connectivity index (χ4n) is 2.34. The Morgan fingerprint density at radius 3 is 2.43 bits per heavy atom. The summed E-state index contributed by atoms with van der Waals surface area (Å²) in [5.41, 5.74) is -1.32. The summed E-state index contributed by atoms with van der Waals surface area (Å²) in [5.74, 6) is -0.825. The van der Waals surface area contributed by atoms with Crippen LogP contribution in [0.25, 0.3) is 5.69 Å². The normalized spacial score (nSPS) is 10.5. The molecule has 0 aliphatic rings. The zero-order valence-corrected chi connectivity index (χ0v) is 15.6. The minimum absolute atomic E-state index is 0.0371. The second-order valence-corrected chi connectivity index (χ2v) is 6.17. The van der Waals surface area contributed by atoms with Gasteiger partial charge in [-0.1, -0.05) is 23.2 Å². The minimum atomic E-state index is -1.20. The molecule has 11 heteroatoms. The highest BCUT2D eigenvalue weighted by Crippen LogP contribution is 2.38. The van der Waals surface area contributed by atoms with Crippen LogP contribution in [-0.2, 0) is 0 Å². The van der Waals surface area contributed by atoms with E-state index in [9.17, 15) is 19.5 Å². The predicted octanol–water partition coefficient (Wildman–Crippen LogP) is 2.73. The van der Waals surface area contributed by atoms with Crippen LogP contribution in [0.4, 0.5) is 0 Å². The Bertz CT molecular complexity index is 1160. The van der Waals surface area contributed by atoms with Crippen molar-refractivity contribution in [3.63, 3.8) is 0 Å². The molecule has 0 saturated carbocycles.